The number of nitrogens with zero attached hydrogens (tertiary/aromatic N) is 2. The van der Waals surface area contributed by atoms with E-state index in [1.165, 1.54) is 0 Å². The fourth-order valence-corrected chi connectivity index (χ4v) is 3.11. The van der Waals surface area contributed by atoms with Crippen molar-refractivity contribution in [1.82, 2.24) is 9.78 Å². The number of anilines is 1. The quantitative estimate of drug-likeness (QED) is 0.731. The lowest BCUT2D eigenvalue weighted by Gasteiger charge is -2.26. The topological polar surface area (TPSA) is 65.4 Å². The molecule has 2 heterocycles. The van der Waals surface area contributed by atoms with Gasteiger partial charge >= 0.3 is 0 Å². The van der Waals surface area contributed by atoms with Crippen LogP contribution in [-0.4, -0.2) is 28.4 Å². The fraction of sp³-hybridized carbons (Fsp3) is 0.200. The van der Waals surface area contributed by atoms with Crippen LogP contribution in [0.15, 0.2) is 60.9 Å². The number of carbonyl (C=O) groups is 1. The van der Waals surface area contributed by atoms with Crippen LogP contribution in [0.3, 0.4) is 0 Å². The van der Waals surface area contributed by atoms with Crippen molar-refractivity contribution in [3.63, 3.8) is 0 Å². The van der Waals surface area contributed by atoms with E-state index >= 15 is 0 Å². The van der Waals surface area contributed by atoms with Gasteiger partial charge in [0.25, 0.3) is 0 Å². The third-order valence-electron chi connectivity index (χ3n) is 4.18. The van der Waals surface area contributed by atoms with Gasteiger partial charge < -0.3 is 14.8 Å². The first-order chi connectivity index (χ1) is 13.2. The second kappa shape index (κ2) is 7.72. The number of ether oxygens (including phenoxy) is 2. The molecule has 1 aliphatic heterocycles. The van der Waals surface area contributed by atoms with Gasteiger partial charge in [-0.1, -0.05) is 41.9 Å². The number of rotatable bonds is 5. The molecule has 4 rings (SSSR count). The van der Waals surface area contributed by atoms with E-state index in [0.29, 0.717) is 23.9 Å². The van der Waals surface area contributed by atoms with Gasteiger partial charge in [-0.05, 0) is 23.8 Å². The van der Waals surface area contributed by atoms with Gasteiger partial charge in [0.1, 0.15) is 6.61 Å². The first kappa shape index (κ1) is 17.4. The molecule has 0 fully saturated rings. The van der Waals surface area contributed by atoms with Crippen LogP contribution in [0.4, 0.5) is 5.69 Å². The Kier molecular flexibility index (Phi) is 4.98. The van der Waals surface area contributed by atoms with E-state index in [4.69, 9.17) is 21.1 Å². The SMILES string of the molecule is O=C(Cc1ccccc1Cl)Nc1cnn(CC2COc3ccccc3O2)c1. The fourth-order valence-electron chi connectivity index (χ4n) is 2.91. The Bertz CT molecular complexity index is 957. The molecule has 3 aromatic rings. The van der Waals surface area contributed by atoms with Crippen molar-refractivity contribution >= 4 is 23.2 Å². The molecule has 0 aliphatic carbocycles. The Balaban J connectivity index is 1.34. The van der Waals surface area contributed by atoms with Crippen molar-refractivity contribution in [3.05, 3.63) is 71.5 Å². The number of para-hydroxylation sites is 2. The van der Waals surface area contributed by atoms with Crippen LogP contribution in [0.2, 0.25) is 5.02 Å². The molecule has 2 aromatic carbocycles. The van der Waals surface area contributed by atoms with Crippen LogP contribution >= 0.6 is 11.6 Å². The second-order valence-corrected chi connectivity index (χ2v) is 6.67. The Morgan fingerprint density at radius 1 is 1.19 bits per heavy atom. The normalized spacial score (nSPS) is 15.4. The molecule has 27 heavy (non-hydrogen) atoms. The first-order valence-corrected chi connectivity index (χ1v) is 8.99. The van der Waals surface area contributed by atoms with Gasteiger partial charge in [-0.2, -0.15) is 5.10 Å². The summed E-state index contributed by atoms with van der Waals surface area (Å²) in [5.41, 5.74) is 1.42. The standard InChI is InChI=1S/C20H18ClN3O3/c21-17-6-2-1-5-14(17)9-20(25)23-15-10-22-24(11-15)12-16-13-26-18-7-3-4-8-19(18)27-16/h1-8,10-11,16H,9,12-13H2,(H,23,25). The van der Waals surface area contributed by atoms with E-state index < -0.39 is 0 Å². The summed E-state index contributed by atoms with van der Waals surface area (Å²) in [6, 6.07) is 14.9. The smallest absolute Gasteiger partial charge is 0.228 e. The highest BCUT2D eigenvalue weighted by molar-refractivity contribution is 6.31. The number of hydrogen-bond acceptors (Lipinski definition) is 4. The van der Waals surface area contributed by atoms with Crippen molar-refractivity contribution in [2.75, 3.05) is 11.9 Å². The van der Waals surface area contributed by atoms with Gasteiger partial charge in [-0.15, -0.1) is 0 Å². The minimum absolute atomic E-state index is 0.145. The van der Waals surface area contributed by atoms with Gasteiger partial charge in [0, 0.05) is 11.2 Å². The summed E-state index contributed by atoms with van der Waals surface area (Å²) in [4.78, 5) is 12.2. The Morgan fingerprint density at radius 3 is 2.81 bits per heavy atom. The van der Waals surface area contributed by atoms with E-state index in [0.717, 1.165) is 17.1 Å². The molecule has 0 radical (unpaired) electrons. The zero-order valence-electron chi connectivity index (χ0n) is 14.5. The molecule has 0 saturated carbocycles. The van der Waals surface area contributed by atoms with Gasteiger partial charge in [-0.25, -0.2) is 0 Å². The summed E-state index contributed by atoms with van der Waals surface area (Å²) in [5.74, 6) is 1.34. The first-order valence-electron chi connectivity index (χ1n) is 8.61. The summed E-state index contributed by atoms with van der Waals surface area (Å²) < 4.78 is 13.4. The molecule has 1 aliphatic rings. The van der Waals surface area contributed by atoms with Gasteiger partial charge in [-0.3, -0.25) is 9.48 Å². The molecule has 0 saturated heterocycles. The van der Waals surface area contributed by atoms with Crippen LogP contribution in [0.25, 0.3) is 0 Å². The highest BCUT2D eigenvalue weighted by atomic mass is 35.5. The Hall–Kier alpha value is -2.99. The van der Waals surface area contributed by atoms with Crippen molar-refractivity contribution in [2.24, 2.45) is 0 Å². The molecular weight excluding hydrogens is 366 g/mol. The third kappa shape index (κ3) is 4.23. The minimum Gasteiger partial charge on any atom is -0.486 e. The average Bonchev–Trinajstić information content (AvgIpc) is 3.10. The predicted octanol–water partition coefficient (Wildman–Crippen LogP) is 3.56. The predicted molar refractivity (Wildman–Crippen MR) is 102 cm³/mol. The number of fused-ring (bicyclic) bond motifs is 1. The molecule has 7 heteroatoms. The summed E-state index contributed by atoms with van der Waals surface area (Å²) in [6.45, 7) is 0.972. The monoisotopic (exact) mass is 383 g/mol. The number of hydrogen-bond donors (Lipinski definition) is 1. The van der Waals surface area contributed by atoms with E-state index in [2.05, 4.69) is 10.4 Å². The summed E-state index contributed by atoms with van der Waals surface area (Å²) in [5, 5.41) is 7.70. The number of aromatic nitrogens is 2. The molecule has 1 unspecified atom stereocenters. The third-order valence-corrected chi connectivity index (χ3v) is 4.55. The maximum atomic E-state index is 12.2. The molecule has 6 nitrogen and oxygen atoms in total. The Morgan fingerprint density at radius 2 is 1.96 bits per heavy atom. The molecule has 138 valence electrons. The molecule has 1 amide bonds. The number of nitrogens with one attached hydrogen (secondary N) is 1. The maximum Gasteiger partial charge on any atom is 0.228 e. The van der Waals surface area contributed by atoms with Crippen molar-refractivity contribution in [1.29, 1.82) is 0 Å². The second-order valence-electron chi connectivity index (χ2n) is 6.27. The van der Waals surface area contributed by atoms with Crippen LogP contribution in [0, 0.1) is 0 Å². The van der Waals surface area contributed by atoms with Gasteiger partial charge in [0.15, 0.2) is 17.6 Å². The minimum atomic E-state index is -0.147. The van der Waals surface area contributed by atoms with Crippen molar-refractivity contribution < 1.29 is 14.3 Å². The lowest BCUT2D eigenvalue weighted by Crippen LogP contribution is -2.33. The molecule has 1 atom stereocenters. The summed E-state index contributed by atoms with van der Waals surface area (Å²) in [6.07, 6.45) is 3.45. The number of halogens is 1. The van der Waals surface area contributed by atoms with Crippen LogP contribution < -0.4 is 14.8 Å². The zero-order chi connectivity index (χ0) is 18.6. The zero-order valence-corrected chi connectivity index (χ0v) is 15.2. The van der Waals surface area contributed by atoms with E-state index in [1.54, 1.807) is 23.1 Å². The average molecular weight is 384 g/mol. The molecule has 0 bridgehead atoms. The molecular formula is C20H18ClN3O3. The van der Waals surface area contributed by atoms with Crippen LogP contribution in [0.5, 0.6) is 11.5 Å². The number of amides is 1. The molecule has 1 N–H and O–H groups in total. The highest BCUT2D eigenvalue weighted by Crippen LogP contribution is 2.31. The molecule has 0 spiro atoms. The van der Waals surface area contributed by atoms with Crippen LogP contribution in [0.1, 0.15) is 5.56 Å². The van der Waals surface area contributed by atoms with E-state index in [-0.39, 0.29) is 18.4 Å². The van der Waals surface area contributed by atoms with Crippen molar-refractivity contribution in [3.8, 4) is 11.5 Å². The lowest BCUT2D eigenvalue weighted by molar-refractivity contribution is -0.115. The highest BCUT2D eigenvalue weighted by Gasteiger charge is 2.21. The Labute approximate surface area is 161 Å². The van der Waals surface area contributed by atoms with E-state index in [9.17, 15) is 4.79 Å². The van der Waals surface area contributed by atoms with E-state index in [1.807, 2.05) is 42.5 Å². The lowest BCUT2D eigenvalue weighted by atomic mass is 10.1. The summed E-state index contributed by atoms with van der Waals surface area (Å²) >= 11 is 6.10. The van der Waals surface area contributed by atoms with Gasteiger partial charge in [0.2, 0.25) is 5.91 Å². The van der Waals surface area contributed by atoms with Crippen LogP contribution in [-0.2, 0) is 17.8 Å². The molecule has 1 aromatic heterocycles. The van der Waals surface area contributed by atoms with Crippen molar-refractivity contribution in [2.45, 2.75) is 19.1 Å². The number of carbonyl (C=O) groups excluding carboxylic acids is 1. The number of benzene rings is 2. The maximum absolute atomic E-state index is 12.2. The van der Waals surface area contributed by atoms with Gasteiger partial charge in [0.05, 0.1) is 24.8 Å². The summed E-state index contributed by atoms with van der Waals surface area (Å²) in [7, 11) is 0. The largest absolute Gasteiger partial charge is 0.486 e.